The highest BCUT2D eigenvalue weighted by Crippen LogP contribution is 2.25. The fourth-order valence-corrected chi connectivity index (χ4v) is 3.47. The molecule has 1 aromatic carbocycles. The van der Waals surface area contributed by atoms with Crippen molar-refractivity contribution < 1.29 is 9.59 Å². The van der Waals surface area contributed by atoms with Crippen LogP contribution in [-0.2, 0) is 0 Å². The number of carbonyl (C=O) groups is 2. The molecule has 1 saturated heterocycles. The van der Waals surface area contributed by atoms with E-state index in [0.29, 0.717) is 21.2 Å². The van der Waals surface area contributed by atoms with Gasteiger partial charge in [0.15, 0.2) is 0 Å². The molecule has 1 fully saturated rings. The Balaban J connectivity index is 1.78. The van der Waals surface area contributed by atoms with E-state index in [1.54, 1.807) is 36.2 Å². The van der Waals surface area contributed by atoms with Gasteiger partial charge in [0.2, 0.25) is 0 Å². The topological polar surface area (TPSA) is 61.4 Å². The molecule has 5 nitrogen and oxygen atoms in total. The SMILES string of the molecule is CN(C(=O)c1ccc(Cl)c(NC(=O)c2cccs2)c1)C1CCNC1. The molecule has 0 aliphatic carbocycles. The molecule has 2 aromatic rings. The van der Waals surface area contributed by atoms with Crippen molar-refractivity contribution in [1.29, 1.82) is 0 Å². The number of carbonyl (C=O) groups excluding carboxylic acids is 2. The van der Waals surface area contributed by atoms with Crippen LogP contribution in [0.3, 0.4) is 0 Å². The number of amides is 2. The van der Waals surface area contributed by atoms with Gasteiger partial charge in [-0.2, -0.15) is 0 Å². The molecule has 0 saturated carbocycles. The maximum absolute atomic E-state index is 12.7. The van der Waals surface area contributed by atoms with Crippen LogP contribution in [0.2, 0.25) is 5.02 Å². The van der Waals surface area contributed by atoms with Crippen molar-refractivity contribution in [1.82, 2.24) is 10.2 Å². The van der Waals surface area contributed by atoms with Crippen molar-refractivity contribution in [2.75, 3.05) is 25.5 Å². The minimum Gasteiger partial charge on any atom is -0.337 e. The van der Waals surface area contributed by atoms with E-state index in [1.807, 2.05) is 11.4 Å². The summed E-state index contributed by atoms with van der Waals surface area (Å²) in [6.45, 7) is 1.73. The van der Waals surface area contributed by atoms with Gasteiger partial charge < -0.3 is 15.5 Å². The number of likely N-dealkylation sites (N-methyl/N-ethyl adjacent to an activating group) is 1. The summed E-state index contributed by atoms with van der Waals surface area (Å²) in [5.74, 6) is -0.308. The molecule has 126 valence electrons. The van der Waals surface area contributed by atoms with Crippen molar-refractivity contribution in [2.45, 2.75) is 12.5 Å². The normalized spacial score (nSPS) is 16.8. The molecule has 7 heteroatoms. The molecule has 2 amide bonds. The predicted octanol–water partition coefficient (Wildman–Crippen LogP) is 3.09. The zero-order valence-corrected chi connectivity index (χ0v) is 14.8. The van der Waals surface area contributed by atoms with Crippen LogP contribution in [0.1, 0.15) is 26.5 Å². The van der Waals surface area contributed by atoms with E-state index in [4.69, 9.17) is 11.6 Å². The quantitative estimate of drug-likeness (QED) is 0.877. The highest BCUT2D eigenvalue weighted by atomic mass is 35.5. The monoisotopic (exact) mass is 363 g/mol. The number of thiophene rings is 1. The van der Waals surface area contributed by atoms with Crippen LogP contribution in [0.25, 0.3) is 0 Å². The third kappa shape index (κ3) is 3.61. The predicted molar refractivity (Wildman–Crippen MR) is 97.1 cm³/mol. The Bertz CT molecular complexity index is 742. The molecule has 1 atom stereocenters. The molecule has 1 aromatic heterocycles. The second-order valence-electron chi connectivity index (χ2n) is 5.69. The van der Waals surface area contributed by atoms with Gasteiger partial charge in [-0.15, -0.1) is 11.3 Å². The average Bonchev–Trinajstić information content (AvgIpc) is 3.28. The number of nitrogens with zero attached hydrogens (tertiary/aromatic N) is 1. The first kappa shape index (κ1) is 17.0. The largest absolute Gasteiger partial charge is 0.337 e. The van der Waals surface area contributed by atoms with Crippen LogP contribution >= 0.6 is 22.9 Å². The van der Waals surface area contributed by atoms with Crippen LogP contribution in [0.5, 0.6) is 0 Å². The standard InChI is InChI=1S/C17H18ClN3O2S/c1-21(12-6-7-19-10-12)17(23)11-4-5-13(18)14(9-11)20-16(22)15-3-2-8-24-15/h2-5,8-9,12,19H,6-7,10H2,1H3,(H,20,22). The molecular formula is C17H18ClN3O2S. The van der Waals surface area contributed by atoms with E-state index in [1.165, 1.54) is 11.3 Å². The minimum absolute atomic E-state index is 0.0769. The fraction of sp³-hybridized carbons (Fsp3) is 0.294. The second-order valence-corrected chi connectivity index (χ2v) is 7.04. The van der Waals surface area contributed by atoms with Crippen molar-refractivity contribution in [3.05, 3.63) is 51.2 Å². The van der Waals surface area contributed by atoms with Crippen molar-refractivity contribution in [3.63, 3.8) is 0 Å². The number of rotatable bonds is 4. The summed E-state index contributed by atoms with van der Waals surface area (Å²) in [6.07, 6.45) is 0.942. The zero-order chi connectivity index (χ0) is 17.1. The van der Waals surface area contributed by atoms with Gasteiger partial charge in [0.1, 0.15) is 0 Å². The van der Waals surface area contributed by atoms with E-state index in [2.05, 4.69) is 10.6 Å². The Labute approximate surface area is 149 Å². The summed E-state index contributed by atoms with van der Waals surface area (Å²) in [6, 6.07) is 8.70. The van der Waals surface area contributed by atoms with Gasteiger partial charge in [-0.3, -0.25) is 9.59 Å². The number of anilines is 1. The minimum atomic E-state index is -0.232. The number of hydrogen-bond donors (Lipinski definition) is 2. The molecule has 24 heavy (non-hydrogen) atoms. The molecule has 0 spiro atoms. The van der Waals surface area contributed by atoms with Gasteiger partial charge in [-0.25, -0.2) is 0 Å². The summed E-state index contributed by atoms with van der Waals surface area (Å²) < 4.78 is 0. The van der Waals surface area contributed by atoms with E-state index in [-0.39, 0.29) is 17.9 Å². The van der Waals surface area contributed by atoms with Crippen molar-refractivity contribution >= 4 is 40.4 Å². The zero-order valence-electron chi connectivity index (χ0n) is 13.2. The molecule has 0 bridgehead atoms. The second kappa shape index (κ2) is 7.34. The Kier molecular flexibility index (Phi) is 5.18. The molecular weight excluding hydrogens is 346 g/mol. The van der Waals surface area contributed by atoms with Crippen molar-refractivity contribution in [3.8, 4) is 0 Å². The van der Waals surface area contributed by atoms with Gasteiger partial charge >= 0.3 is 0 Å². The summed E-state index contributed by atoms with van der Waals surface area (Å²) in [5, 5.41) is 8.26. The number of hydrogen-bond acceptors (Lipinski definition) is 4. The summed E-state index contributed by atoms with van der Waals surface area (Å²) in [7, 11) is 1.80. The number of halogens is 1. The van der Waals surface area contributed by atoms with Gasteiger partial charge in [-0.1, -0.05) is 17.7 Å². The van der Waals surface area contributed by atoms with Gasteiger partial charge in [0.25, 0.3) is 11.8 Å². The molecule has 1 aliphatic heterocycles. The maximum atomic E-state index is 12.7. The molecule has 3 rings (SSSR count). The lowest BCUT2D eigenvalue weighted by Crippen LogP contribution is -2.38. The highest BCUT2D eigenvalue weighted by Gasteiger charge is 2.24. The third-order valence-corrected chi connectivity index (χ3v) is 5.31. The first-order valence-corrected chi connectivity index (χ1v) is 8.94. The smallest absolute Gasteiger partial charge is 0.265 e. The van der Waals surface area contributed by atoms with Gasteiger partial charge in [0.05, 0.1) is 15.6 Å². The lowest BCUT2D eigenvalue weighted by atomic mass is 10.1. The number of benzene rings is 1. The maximum Gasteiger partial charge on any atom is 0.265 e. The van der Waals surface area contributed by atoms with Crippen LogP contribution < -0.4 is 10.6 Å². The molecule has 2 N–H and O–H groups in total. The molecule has 1 unspecified atom stereocenters. The molecule has 0 radical (unpaired) electrons. The van der Waals surface area contributed by atoms with Crippen molar-refractivity contribution in [2.24, 2.45) is 0 Å². The Morgan fingerprint density at radius 3 is 2.88 bits per heavy atom. The highest BCUT2D eigenvalue weighted by molar-refractivity contribution is 7.12. The summed E-state index contributed by atoms with van der Waals surface area (Å²) >= 11 is 7.52. The van der Waals surface area contributed by atoms with E-state index in [0.717, 1.165) is 19.5 Å². The van der Waals surface area contributed by atoms with Crippen LogP contribution in [-0.4, -0.2) is 42.9 Å². The lowest BCUT2D eigenvalue weighted by molar-refractivity contribution is 0.0743. The lowest BCUT2D eigenvalue weighted by Gasteiger charge is -2.24. The van der Waals surface area contributed by atoms with E-state index in [9.17, 15) is 9.59 Å². The molecule has 2 heterocycles. The van der Waals surface area contributed by atoms with Crippen LogP contribution in [0.4, 0.5) is 5.69 Å². The van der Waals surface area contributed by atoms with Gasteiger partial charge in [-0.05, 0) is 42.6 Å². The Morgan fingerprint density at radius 1 is 1.38 bits per heavy atom. The number of nitrogens with one attached hydrogen (secondary N) is 2. The Morgan fingerprint density at radius 2 is 2.21 bits per heavy atom. The molecule has 1 aliphatic rings. The van der Waals surface area contributed by atoms with Crippen LogP contribution in [0, 0.1) is 0 Å². The van der Waals surface area contributed by atoms with E-state index >= 15 is 0 Å². The van der Waals surface area contributed by atoms with Gasteiger partial charge in [0, 0.05) is 25.2 Å². The summed E-state index contributed by atoms with van der Waals surface area (Å²) in [5.41, 5.74) is 0.953. The van der Waals surface area contributed by atoms with Crippen LogP contribution in [0.15, 0.2) is 35.7 Å². The Hall–Kier alpha value is -1.89. The first-order chi connectivity index (χ1) is 11.6. The third-order valence-electron chi connectivity index (χ3n) is 4.11. The first-order valence-electron chi connectivity index (χ1n) is 7.68. The summed E-state index contributed by atoms with van der Waals surface area (Å²) in [4.78, 5) is 27.2. The fourth-order valence-electron chi connectivity index (χ4n) is 2.69. The average molecular weight is 364 g/mol. The van der Waals surface area contributed by atoms with E-state index < -0.39 is 0 Å².